The molecule has 0 saturated carbocycles. The number of rotatable bonds is 6. The van der Waals surface area contributed by atoms with Crippen LogP contribution in [0.25, 0.3) is 0 Å². The van der Waals surface area contributed by atoms with E-state index in [9.17, 15) is 26.3 Å². The molecule has 0 aliphatic rings. The molecular formula is C16H16F6N4O2. The maximum atomic E-state index is 12.7. The van der Waals surface area contributed by atoms with E-state index in [1.165, 1.54) is 0 Å². The second-order valence-electron chi connectivity index (χ2n) is 5.77. The van der Waals surface area contributed by atoms with Crippen molar-refractivity contribution in [1.29, 1.82) is 0 Å². The minimum atomic E-state index is -4.73. The van der Waals surface area contributed by atoms with E-state index in [1.807, 2.05) is 0 Å². The third-order valence-electron chi connectivity index (χ3n) is 3.47. The Morgan fingerprint density at radius 1 is 0.821 bits per heavy atom. The molecule has 0 aliphatic heterocycles. The van der Waals surface area contributed by atoms with E-state index in [4.69, 9.17) is 0 Å². The van der Waals surface area contributed by atoms with Crippen LogP contribution in [0.15, 0.2) is 24.3 Å². The van der Waals surface area contributed by atoms with Crippen molar-refractivity contribution in [2.24, 2.45) is 0 Å². The second-order valence-corrected chi connectivity index (χ2v) is 5.77. The van der Waals surface area contributed by atoms with Gasteiger partial charge in [-0.25, -0.2) is 0 Å². The first-order chi connectivity index (χ1) is 12.9. The zero-order chi connectivity index (χ0) is 21.1. The van der Waals surface area contributed by atoms with Crippen LogP contribution in [-0.4, -0.2) is 39.5 Å². The maximum Gasteiger partial charge on any atom is 0.425 e. The highest BCUT2D eigenvalue weighted by atomic mass is 19.4. The van der Waals surface area contributed by atoms with Gasteiger partial charge in [-0.2, -0.15) is 36.3 Å². The molecule has 0 bridgehead atoms. The molecule has 6 nitrogen and oxygen atoms in total. The number of aryl methyl sites for hydroxylation is 1. The third-order valence-corrected chi connectivity index (χ3v) is 3.47. The summed E-state index contributed by atoms with van der Waals surface area (Å²) in [5.74, 6) is -0.335. The fourth-order valence-electron chi connectivity index (χ4n) is 1.78. The molecule has 2 unspecified atom stereocenters. The van der Waals surface area contributed by atoms with E-state index >= 15 is 0 Å². The topological polar surface area (TPSA) is 69.2 Å². The molecular weight excluding hydrogens is 394 g/mol. The highest BCUT2D eigenvalue weighted by Crippen LogP contribution is 2.27. The van der Waals surface area contributed by atoms with Gasteiger partial charge in [0, 0.05) is 5.69 Å². The Labute approximate surface area is 155 Å². The predicted octanol–water partition coefficient (Wildman–Crippen LogP) is 4.58. The molecule has 0 amide bonds. The summed E-state index contributed by atoms with van der Waals surface area (Å²) in [6.07, 6.45) is -14.0. The highest BCUT2D eigenvalue weighted by molar-refractivity contribution is 5.58. The number of para-hydroxylation sites is 1. The number of hydrogen-bond donors (Lipinski definition) is 1. The van der Waals surface area contributed by atoms with Gasteiger partial charge < -0.3 is 14.8 Å². The number of benzene rings is 1. The number of aromatic nitrogens is 3. The number of alkyl halides is 6. The lowest BCUT2D eigenvalue weighted by atomic mass is 10.2. The van der Waals surface area contributed by atoms with Crippen molar-refractivity contribution in [2.45, 2.75) is 45.3 Å². The van der Waals surface area contributed by atoms with Gasteiger partial charge in [0.2, 0.25) is 5.95 Å². The molecule has 1 aromatic heterocycles. The summed E-state index contributed by atoms with van der Waals surface area (Å²) in [6, 6.07) is 5.10. The van der Waals surface area contributed by atoms with Crippen molar-refractivity contribution >= 4 is 11.6 Å². The Balaban J connectivity index is 2.36. The molecule has 12 heteroatoms. The van der Waals surface area contributed by atoms with Crippen molar-refractivity contribution in [2.75, 3.05) is 5.32 Å². The number of nitrogens with zero attached hydrogens (tertiary/aromatic N) is 3. The summed E-state index contributed by atoms with van der Waals surface area (Å²) in [4.78, 5) is 10.7. The van der Waals surface area contributed by atoms with Gasteiger partial charge in [0.1, 0.15) is 0 Å². The third kappa shape index (κ3) is 5.86. The molecule has 0 fully saturated rings. The average Bonchev–Trinajstić information content (AvgIpc) is 2.55. The van der Waals surface area contributed by atoms with Crippen LogP contribution in [0.4, 0.5) is 38.0 Å². The fraction of sp³-hybridized carbons (Fsp3) is 0.438. The van der Waals surface area contributed by atoms with Gasteiger partial charge >= 0.3 is 24.4 Å². The molecule has 0 spiro atoms. The van der Waals surface area contributed by atoms with Crippen LogP contribution < -0.4 is 14.8 Å². The Morgan fingerprint density at radius 2 is 1.29 bits per heavy atom. The number of nitrogens with one attached hydrogen (secondary N) is 1. The zero-order valence-corrected chi connectivity index (χ0v) is 14.9. The number of hydrogen-bond acceptors (Lipinski definition) is 6. The molecule has 0 radical (unpaired) electrons. The maximum absolute atomic E-state index is 12.7. The van der Waals surface area contributed by atoms with Crippen LogP contribution in [0, 0.1) is 6.92 Å². The monoisotopic (exact) mass is 410 g/mol. The van der Waals surface area contributed by atoms with E-state index in [0.29, 0.717) is 19.5 Å². The van der Waals surface area contributed by atoms with Gasteiger partial charge in [0.05, 0.1) is 0 Å². The Hall–Kier alpha value is -2.79. The molecule has 28 heavy (non-hydrogen) atoms. The van der Waals surface area contributed by atoms with Crippen LogP contribution in [0.1, 0.15) is 19.4 Å². The predicted molar refractivity (Wildman–Crippen MR) is 86.6 cm³/mol. The van der Waals surface area contributed by atoms with Crippen LogP contribution in [0.3, 0.4) is 0 Å². The van der Waals surface area contributed by atoms with E-state index < -0.39 is 36.6 Å². The molecule has 2 aromatic rings. The van der Waals surface area contributed by atoms with Crippen molar-refractivity contribution in [3.63, 3.8) is 0 Å². The standard InChI is InChI=1S/C16H16F6N4O2/c1-8-6-4-5-7-11(8)23-12-24-13(27-9(2)15(17,18)19)26-14(25-12)28-10(3)16(20,21)22/h4-7,9-10H,1-3H3,(H,23,24,25,26). The lowest BCUT2D eigenvalue weighted by Crippen LogP contribution is -2.33. The summed E-state index contributed by atoms with van der Waals surface area (Å²) >= 11 is 0. The molecule has 2 atom stereocenters. The molecule has 2 rings (SSSR count). The minimum absolute atomic E-state index is 0.335. The lowest BCUT2D eigenvalue weighted by Gasteiger charge is -2.19. The van der Waals surface area contributed by atoms with E-state index in [2.05, 4.69) is 29.7 Å². The lowest BCUT2D eigenvalue weighted by molar-refractivity contribution is -0.192. The van der Waals surface area contributed by atoms with Crippen LogP contribution in [-0.2, 0) is 0 Å². The molecule has 1 heterocycles. The normalized spacial score (nSPS) is 14.3. The van der Waals surface area contributed by atoms with Gasteiger partial charge in [-0.3, -0.25) is 0 Å². The Bertz CT molecular complexity index is 772. The molecule has 1 N–H and O–H groups in total. The summed E-state index contributed by atoms with van der Waals surface area (Å²) in [5, 5.41) is 2.69. The number of ether oxygens (including phenoxy) is 2. The average molecular weight is 410 g/mol. The van der Waals surface area contributed by atoms with E-state index in [-0.39, 0.29) is 5.95 Å². The first kappa shape index (κ1) is 21.5. The zero-order valence-electron chi connectivity index (χ0n) is 14.9. The summed E-state index contributed by atoms with van der Waals surface area (Å²) in [5.41, 5.74) is 1.22. The number of halogens is 6. The highest BCUT2D eigenvalue weighted by Gasteiger charge is 2.40. The van der Waals surface area contributed by atoms with Gasteiger partial charge in [-0.1, -0.05) is 18.2 Å². The summed E-state index contributed by atoms with van der Waals surface area (Å²) in [7, 11) is 0. The molecule has 1 aromatic carbocycles. The van der Waals surface area contributed by atoms with Gasteiger partial charge in [0.15, 0.2) is 12.2 Å². The summed E-state index contributed by atoms with van der Waals surface area (Å²) in [6.45, 7) is 3.14. The SMILES string of the molecule is Cc1ccccc1Nc1nc(OC(C)C(F)(F)F)nc(OC(C)C(F)(F)F)n1. The Morgan fingerprint density at radius 3 is 1.71 bits per heavy atom. The van der Waals surface area contributed by atoms with Crippen LogP contribution in [0.2, 0.25) is 0 Å². The molecule has 154 valence electrons. The Kier molecular flexibility index (Phi) is 6.20. The molecule has 0 aliphatic carbocycles. The smallest absolute Gasteiger partial charge is 0.425 e. The number of anilines is 2. The first-order valence-electron chi connectivity index (χ1n) is 7.91. The largest absolute Gasteiger partial charge is 0.451 e. The van der Waals surface area contributed by atoms with E-state index in [0.717, 1.165) is 5.56 Å². The quantitative estimate of drug-likeness (QED) is 0.703. The minimum Gasteiger partial charge on any atom is -0.451 e. The van der Waals surface area contributed by atoms with Crippen LogP contribution >= 0.6 is 0 Å². The summed E-state index contributed by atoms with van der Waals surface area (Å²) < 4.78 is 85.5. The van der Waals surface area contributed by atoms with Gasteiger partial charge in [-0.15, -0.1) is 4.98 Å². The van der Waals surface area contributed by atoms with Gasteiger partial charge in [0.25, 0.3) is 0 Å². The first-order valence-corrected chi connectivity index (χ1v) is 7.91. The second kappa shape index (κ2) is 8.07. The molecule has 0 saturated heterocycles. The van der Waals surface area contributed by atoms with Gasteiger partial charge in [-0.05, 0) is 32.4 Å². The van der Waals surface area contributed by atoms with Crippen molar-refractivity contribution in [1.82, 2.24) is 15.0 Å². The van der Waals surface area contributed by atoms with E-state index in [1.54, 1.807) is 31.2 Å². The van der Waals surface area contributed by atoms with Crippen molar-refractivity contribution in [3.8, 4) is 12.0 Å². The van der Waals surface area contributed by atoms with Crippen molar-refractivity contribution in [3.05, 3.63) is 29.8 Å². The fourth-order valence-corrected chi connectivity index (χ4v) is 1.78. The van der Waals surface area contributed by atoms with Crippen LogP contribution in [0.5, 0.6) is 12.0 Å². The van der Waals surface area contributed by atoms with Crippen molar-refractivity contribution < 1.29 is 35.8 Å².